The first kappa shape index (κ1) is 16.2. The molecule has 1 N–H and O–H groups in total. The molecule has 0 unspecified atom stereocenters. The van der Waals surface area contributed by atoms with Crippen LogP contribution in [0.2, 0.25) is 0 Å². The minimum Gasteiger partial charge on any atom is -0.506 e. The largest absolute Gasteiger partial charge is 0.506 e. The van der Waals surface area contributed by atoms with Gasteiger partial charge in [-0.25, -0.2) is 0 Å². The summed E-state index contributed by atoms with van der Waals surface area (Å²) in [6.07, 6.45) is 2.12. The Morgan fingerprint density at radius 3 is 2.37 bits per heavy atom. The molecule has 0 aliphatic rings. The van der Waals surface area contributed by atoms with Crippen LogP contribution in [0.4, 0.5) is 0 Å². The standard InChI is InChI=1S/C24H16BrNO/c25-18-11-12-22-20(14-18)21(16-6-2-1-3-7-16)15-26(22)24-19-9-5-4-8-17(19)10-13-23(24)27/h1-15,27H. The summed E-state index contributed by atoms with van der Waals surface area (Å²) in [7, 11) is 0. The predicted molar refractivity (Wildman–Crippen MR) is 116 cm³/mol. The maximum Gasteiger partial charge on any atom is 0.140 e. The number of hydrogen-bond acceptors (Lipinski definition) is 1. The molecule has 0 spiro atoms. The van der Waals surface area contributed by atoms with Crippen LogP contribution >= 0.6 is 15.9 Å². The van der Waals surface area contributed by atoms with E-state index in [9.17, 15) is 5.11 Å². The number of fused-ring (bicyclic) bond motifs is 2. The SMILES string of the molecule is Oc1ccc2ccccc2c1-n1cc(-c2ccccc2)c2cc(Br)ccc21. The van der Waals surface area contributed by atoms with E-state index in [-0.39, 0.29) is 5.75 Å². The van der Waals surface area contributed by atoms with E-state index in [1.54, 1.807) is 6.07 Å². The first-order chi connectivity index (χ1) is 13.2. The van der Waals surface area contributed by atoms with E-state index in [4.69, 9.17) is 0 Å². The molecule has 5 aromatic rings. The van der Waals surface area contributed by atoms with Crippen molar-refractivity contribution >= 4 is 37.6 Å². The smallest absolute Gasteiger partial charge is 0.140 e. The van der Waals surface area contributed by atoms with Gasteiger partial charge in [-0.1, -0.05) is 76.6 Å². The Balaban J connectivity index is 1.90. The van der Waals surface area contributed by atoms with Gasteiger partial charge in [-0.15, -0.1) is 0 Å². The molecule has 130 valence electrons. The lowest BCUT2D eigenvalue weighted by Gasteiger charge is -2.12. The zero-order valence-electron chi connectivity index (χ0n) is 14.4. The number of aromatic nitrogens is 1. The molecule has 0 saturated heterocycles. The minimum atomic E-state index is 0.271. The molecule has 0 atom stereocenters. The zero-order valence-corrected chi connectivity index (χ0v) is 16.0. The Hall–Kier alpha value is -3.04. The van der Waals surface area contributed by atoms with Crippen molar-refractivity contribution in [2.75, 3.05) is 0 Å². The van der Waals surface area contributed by atoms with Crippen molar-refractivity contribution in [3.8, 4) is 22.6 Å². The van der Waals surface area contributed by atoms with Gasteiger partial charge in [0.15, 0.2) is 0 Å². The van der Waals surface area contributed by atoms with Gasteiger partial charge in [-0.05, 0) is 35.2 Å². The first-order valence-corrected chi connectivity index (χ1v) is 9.59. The Labute approximate surface area is 165 Å². The third kappa shape index (κ3) is 2.63. The van der Waals surface area contributed by atoms with Crippen LogP contribution in [0.1, 0.15) is 0 Å². The van der Waals surface area contributed by atoms with E-state index >= 15 is 0 Å². The second kappa shape index (κ2) is 6.29. The number of aromatic hydroxyl groups is 1. The highest BCUT2D eigenvalue weighted by Crippen LogP contribution is 2.38. The van der Waals surface area contributed by atoms with Crippen molar-refractivity contribution in [3.63, 3.8) is 0 Å². The van der Waals surface area contributed by atoms with E-state index < -0.39 is 0 Å². The maximum atomic E-state index is 10.7. The van der Waals surface area contributed by atoms with Gasteiger partial charge in [0.1, 0.15) is 5.75 Å². The molecule has 0 saturated carbocycles. The molecular weight excluding hydrogens is 398 g/mol. The highest BCUT2D eigenvalue weighted by Gasteiger charge is 2.16. The molecule has 27 heavy (non-hydrogen) atoms. The molecule has 0 amide bonds. The zero-order chi connectivity index (χ0) is 18.4. The van der Waals surface area contributed by atoms with Crippen molar-refractivity contribution in [2.45, 2.75) is 0 Å². The molecule has 3 heteroatoms. The average Bonchev–Trinajstić information content (AvgIpc) is 3.07. The summed E-state index contributed by atoms with van der Waals surface area (Å²) in [5, 5.41) is 14.0. The summed E-state index contributed by atoms with van der Waals surface area (Å²) in [5.74, 6) is 0.271. The Morgan fingerprint density at radius 1 is 0.741 bits per heavy atom. The molecule has 0 aliphatic heterocycles. The van der Waals surface area contributed by atoms with Crippen LogP contribution in [-0.2, 0) is 0 Å². The molecule has 1 aromatic heterocycles. The van der Waals surface area contributed by atoms with Crippen LogP contribution in [-0.4, -0.2) is 9.67 Å². The summed E-state index contributed by atoms with van der Waals surface area (Å²) in [6, 6.07) is 28.5. The van der Waals surface area contributed by atoms with Crippen LogP contribution < -0.4 is 0 Å². The highest BCUT2D eigenvalue weighted by atomic mass is 79.9. The number of halogens is 1. The molecule has 1 heterocycles. The third-order valence-corrected chi connectivity index (χ3v) is 5.46. The van der Waals surface area contributed by atoms with E-state index in [0.717, 1.165) is 43.0 Å². The van der Waals surface area contributed by atoms with Gasteiger partial charge < -0.3 is 9.67 Å². The van der Waals surface area contributed by atoms with E-state index in [1.807, 2.05) is 42.5 Å². The monoisotopic (exact) mass is 413 g/mol. The minimum absolute atomic E-state index is 0.271. The van der Waals surface area contributed by atoms with Crippen molar-refractivity contribution in [1.29, 1.82) is 0 Å². The molecule has 0 aliphatic carbocycles. The Kier molecular flexibility index (Phi) is 3.76. The van der Waals surface area contributed by atoms with Crippen molar-refractivity contribution < 1.29 is 5.11 Å². The number of hydrogen-bond donors (Lipinski definition) is 1. The summed E-state index contributed by atoms with van der Waals surface area (Å²) in [5.41, 5.74) is 4.16. The van der Waals surface area contributed by atoms with Gasteiger partial charge in [-0.2, -0.15) is 0 Å². The van der Waals surface area contributed by atoms with E-state index in [0.29, 0.717) is 0 Å². The number of nitrogens with zero attached hydrogens (tertiary/aromatic N) is 1. The van der Waals surface area contributed by atoms with Crippen LogP contribution in [0.3, 0.4) is 0 Å². The predicted octanol–water partition coefficient (Wildman–Crippen LogP) is 6.92. The van der Waals surface area contributed by atoms with Gasteiger partial charge in [0, 0.05) is 27.0 Å². The van der Waals surface area contributed by atoms with Crippen LogP contribution in [0.25, 0.3) is 38.5 Å². The van der Waals surface area contributed by atoms with Crippen molar-refractivity contribution in [2.24, 2.45) is 0 Å². The molecule has 5 rings (SSSR count). The van der Waals surface area contributed by atoms with Gasteiger partial charge in [-0.3, -0.25) is 0 Å². The fourth-order valence-corrected chi connectivity index (χ4v) is 4.09. The number of benzene rings is 4. The van der Waals surface area contributed by atoms with Crippen molar-refractivity contribution in [3.05, 3.63) is 95.6 Å². The lowest BCUT2D eigenvalue weighted by Crippen LogP contribution is -1.94. The quantitative estimate of drug-likeness (QED) is 0.333. The highest BCUT2D eigenvalue weighted by molar-refractivity contribution is 9.10. The Morgan fingerprint density at radius 2 is 1.52 bits per heavy atom. The summed E-state index contributed by atoms with van der Waals surface area (Å²) < 4.78 is 3.13. The molecule has 0 fully saturated rings. The van der Waals surface area contributed by atoms with Crippen LogP contribution in [0.15, 0.2) is 95.6 Å². The molecule has 4 aromatic carbocycles. The molecule has 2 nitrogen and oxygen atoms in total. The van der Waals surface area contributed by atoms with Gasteiger partial charge >= 0.3 is 0 Å². The fourth-order valence-electron chi connectivity index (χ4n) is 3.73. The van der Waals surface area contributed by atoms with Crippen LogP contribution in [0.5, 0.6) is 5.75 Å². The van der Waals surface area contributed by atoms with Crippen LogP contribution in [0, 0.1) is 0 Å². The molecular formula is C24H16BrNO. The molecule has 0 radical (unpaired) electrons. The second-order valence-electron chi connectivity index (χ2n) is 6.59. The normalized spacial score (nSPS) is 11.3. The van der Waals surface area contributed by atoms with E-state index in [1.165, 1.54) is 0 Å². The summed E-state index contributed by atoms with van der Waals surface area (Å²) >= 11 is 3.60. The van der Waals surface area contributed by atoms with Gasteiger partial charge in [0.2, 0.25) is 0 Å². The van der Waals surface area contributed by atoms with E-state index in [2.05, 4.69) is 63.1 Å². The summed E-state index contributed by atoms with van der Waals surface area (Å²) in [4.78, 5) is 0. The average molecular weight is 414 g/mol. The lowest BCUT2D eigenvalue weighted by atomic mass is 10.1. The topological polar surface area (TPSA) is 25.2 Å². The summed E-state index contributed by atoms with van der Waals surface area (Å²) in [6.45, 7) is 0. The first-order valence-electron chi connectivity index (χ1n) is 8.79. The molecule has 0 bridgehead atoms. The third-order valence-electron chi connectivity index (χ3n) is 4.97. The number of phenols is 1. The van der Waals surface area contributed by atoms with Crippen molar-refractivity contribution in [1.82, 2.24) is 4.57 Å². The Bertz CT molecular complexity index is 1290. The maximum absolute atomic E-state index is 10.7. The number of rotatable bonds is 2. The van der Waals surface area contributed by atoms with Gasteiger partial charge in [0.25, 0.3) is 0 Å². The van der Waals surface area contributed by atoms with Gasteiger partial charge in [0.05, 0.1) is 11.2 Å². The second-order valence-corrected chi connectivity index (χ2v) is 7.51. The lowest BCUT2D eigenvalue weighted by molar-refractivity contribution is 0.474. The number of phenolic OH excluding ortho intramolecular Hbond substituents is 1. The fraction of sp³-hybridized carbons (Fsp3) is 0.